The van der Waals surface area contributed by atoms with Gasteiger partial charge in [-0.05, 0) is 60.9 Å². The van der Waals surface area contributed by atoms with Crippen LogP contribution in [-0.2, 0) is 6.54 Å². The van der Waals surface area contributed by atoms with Crippen molar-refractivity contribution in [3.8, 4) is 0 Å². The summed E-state index contributed by atoms with van der Waals surface area (Å²) in [7, 11) is 0. The van der Waals surface area contributed by atoms with E-state index in [9.17, 15) is 0 Å². The Morgan fingerprint density at radius 2 is 2.57 bits per heavy atom. The van der Waals surface area contributed by atoms with Crippen molar-refractivity contribution in [1.29, 1.82) is 0 Å². The van der Waals surface area contributed by atoms with Gasteiger partial charge in [-0.25, -0.2) is 0 Å². The molecule has 78 valence electrons. The predicted molar refractivity (Wildman–Crippen MR) is 65.2 cm³/mol. The van der Waals surface area contributed by atoms with E-state index in [1.165, 1.54) is 35.9 Å². The van der Waals surface area contributed by atoms with Crippen LogP contribution in [0.15, 0.2) is 12.4 Å². The molecule has 0 spiro atoms. The predicted octanol–water partition coefficient (Wildman–Crippen LogP) is 1.88. The van der Waals surface area contributed by atoms with Gasteiger partial charge < -0.3 is 5.32 Å². The van der Waals surface area contributed by atoms with Gasteiger partial charge in [0.1, 0.15) is 0 Å². The highest BCUT2D eigenvalue weighted by Crippen LogP contribution is 2.14. The fraction of sp³-hybridized carbons (Fsp3) is 0.700. The molecule has 0 aliphatic carbocycles. The monoisotopic (exact) mass is 305 g/mol. The number of halogens is 1. The molecule has 2 heterocycles. The third-order valence-corrected chi connectivity index (χ3v) is 3.32. The highest BCUT2D eigenvalue weighted by Gasteiger charge is 2.12. The van der Waals surface area contributed by atoms with Crippen molar-refractivity contribution >= 4 is 22.6 Å². The third kappa shape index (κ3) is 2.95. The van der Waals surface area contributed by atoms with E-state index in [1.807, 2.05) is 6.20 Å². The maximum atomic E-state index is 4.29. The minimum atomic E-state index is 0.852. The molecule has 14 heavy (non-hydrogen) atoms. The zero-order chi connectivity index (χ0) is 9.80. The Bertz CT molecular complexity index is 279. The molecule has 1 fully saturated rings. The van der Waals surface area contributed by atoms with Gasteiger partial charge in [-0.2, -0.15) is 5.10 Å². The van der Waals surface area contributed by atoms with Crippen LogP contribution in [0.25, 0.3) is 0 Å². The lowest BCUT2D eigenvalue weighted by molar-refractivity contribution is 0.336. The zero-order valence-electron chi connectivity index (χ0n) is 8.25. The van der Waals surface area contributed by atoms with Crippen molar-refractivity contribution in [3.63, 3.8) is 0 Å². The van der Waals surface area contributed by atoms with Crippen molar-refractivity contribution in [2.45, 2.75) is 25.8 Å². The minimum Gasteiger partial charge on any atom is -0.316 e. The van der Waals surface area contributed by atoms with Crippen LogP contribution in [0.1, 0.15) is 19.3 Å². The Labute approximate surface area is 98.4 Å². The molecule has 1 saturated heterocycles. The number of aromatic nitrogens is 2. The van der Waals surface area contributed by atoms with E-state index < -0.39 is 0 Å². The highest BCUT2D eigenvalue weighted by molar-refractivity contribution is 14.1. The summed E-state index contributed by atoms with van der Waals surface area (Å²) in [5, 5.41) is 7.73. The number of aryl methyl sites for hydroxylation is 1. The molecule has 0 saturated carbocycles. The van der Waals surface area contributed by atoms with Crippen LogP contribution in [0, 0.1) is 9.49 Å². The van der Waals surface area contributed by atoms with Crippen molar-refractivity contribution in [2.75, 3.05) is 13.1 Å². The molecule has 1 unspecified atom stereocenters. The number of nitrogens with zero attached hydrogens (tertiary/aromatic N) is 2. The van der Waals surface area contributed by atoms with E-state index in [1.54, 1.807) is 0 Å². The molecule has 0 bridgehead atoms. The Balaban J connectivity index is 1.76. The molecule has 1 atom stereocenters. The lowest BCUT2D eigenvalue weighted by atomic mass is 9.96. The molecule has 4 heteroatoms. The van der Waals surface area contributed by atoms with Gasteiger partial charge >= 0.3 is 0 Å². The summed E-state index contributed by atoms with van der Waals surface area (Å²) in [6.45, 7) is 3.46. The Hall–Kier alpha value is -0.100. The van der Waals surface area contributed by atoms with Crippen LogP contribution in [0.2, 0.25) is 0 Å². The number of hydrogen-bond donors (Lipinski definition) is 1. The largest absolute Gasteiger partial charge is 0.316 e. The van der Waals surface area contributed by atoms with Crippen LogP contribution >= 0.6 is 22.6 Å². The normalized spacial score (nSPS) is 22.5. The number of piperidine rings is 1. The average Bonchev–Trinajstić information content (AvgIpc) is 2.63. The molecule has 1 aliphatic heterocycles. The Kier molecular flexibility index (Phi) is 3.81. The summed E-state index contributed by atoms with van der Waals surface area (Å²) in [5.74, 6) is 0.852. The van der Waals surface area contributed by atoms with Crippen molar-refractivity contribution in [3.05, 3.63) is 16.0 Å². The van der Waals surface area contributed by atoms with E-state index in [0.717, 1.165) is 12.5 Å². The summed E-state index contributed by atoms with van der Waals surface area (Å²) in [5.41, 5.74) is 0. The molecular formula is C10H16IN3. The minimum absolute atomic E-state index is 0.852. The summed E-state index contributed by atoms with van der Waals surface area (Å²) >= 11 is 2.30. The number of nitrogens with one attached hydrogen (secondary N) is 1. The second-order valence-electron chi connectivity index (χ2n) is 3.92. The molecule has 1 aromatic rings. The van der Waals surface area contributed by atoms with Gasteiger partial charge in [-0.3, -0.25) is 4.68 Å². The lowest BCUT2D eigenvalue weighted by Gasteiger charge is -2.22. The molecule has 0 radical (unpaired) electrons. The van der Waals surface area contributed by atoms with E-state index in [-0.39, 0.29) is 0 Å². The van der Waals surface area contributed by atoms with Crippen LogP contribution < -0.4 is 5.32 Å². The van der Waals surface area contributed by atoms with Gasteiger partial charge in [0.2, 0.25) is 0 Å². The number of hydrogen-bond acceptors (Lipinski definition) is 2. The summed E-state index contributed by atoms with van der Waals surface area (Å²) in [6.07, 6.45) is 7.99. The number of rotatable bonds is 3. The standard InChI is InChI=1S/C10H16IN3/c11-10-7-13-14(8-10)5-3-9-2-1-4-12-6-9/h7-9,12H,1-6H2. The Morgan fingerprint density at radius 3 is 3.21 bits per heavy atom. The van der Waals surface area contributed by atoms with E-state index in [4.69, 9.17) is 0 Å². The van der Waals surface area contributed by atoms with Crippen LogP contribution in [0.5, 0.6) is 0 Å². The van der Waals surface area contributed by atoms with Gasteiger partial charge in [0, 0.05) is 12.7 Å². The molecule has 1 aromatic heterocycles. The summed E-state index contributed by atoms with van der Waals surface area (Å²) in [4.78, 5) is 0. The molecular weight excluding hydrogens is 289 g/mol. The fourth-order valence-corrected chi connectivity index (χ4v) is 2.39. The van der Waals surface area contributed by atoms with Crippen LogP contribution in [0.4, 0.5) is 0 Å². The molecule has 1 aliphatic rings. The molecule has 0 amide bonds. The first-order valence-corrected chi connectivity index (χ1v) is 6.31. The van der Waals surface area contributed by atoms with E-state index >= 15 is 0 Å². The SMILES string of the molecule is Ic1cnn(CCC2CCCNC2)c1. The van der Waals surface area contributed by atoms with Crippen LogP contribution in [0.3, 0.4) is 0 Å². The lowest BCUT2D eigenvalue weighted by Crippen LogP contribution is -2.30. The Morgan fingerprint density at radius 1 is 1.64 bits per heavy atom. The molecule has 3 nitrogen and oxygen atoms in total. The van der Waals surface area contributed by atoms with Gasteiger partial charge in [-0.15, -0.1) is 0 Å². The van der Waals surface area contributed by atoms with Gasteiger partial charge in [0.25, 0.3) is 0 Å². The summed E-state index contributed by atoms with van der Waals surface area (Å²) < 4.78 is 3.28. The maximum absolute atomic E-state index is 4.29. The third-order valence-electron chi connectivity index (χ3n) is 2.77. The molecule has 0 aromatic carbocycles. The van der Waals surface area contributed by atoms with Crippen molar-refractivity contribution in [2.24, 2.45) is 5.92 Å². The van der Waals surface area contributed by atoms with Crippen LogP contribution in [-0.4, -0.2) is 22.9 Å². The van der Waals surface area contributed by atoms with E-state index in [2.05, 4.69) is 43.9 Å². The molecule has 2 rings (SSSR count). The van der Waals surface area contributed by atoms with Crippen molar-refractivity contribution < 1.29 is 0 Å². The maximum Gasteiger partial charge on any atom is 0.0623 e. The second-order valence-corrected chi connectivity index (χ2v) is 5.17. The van der Waals surface area contributed by atoms with Gasteiger partial charge in [0.05, 0.1) is 9.77 Å². The molecule has 1 N–H and O–H groups in total. The highest BCUT2D eigenvalue weighted by atomic mass is 127. The second kappa shape index (κ2) is 5.11. The van der Waals surface area contributed by atoms with Gasteiger partial charge in [0.15, 0.2) is 0 Å². The summed E-state index contributed by atoms with van der Waals surface area (Å²) in [6, 6.07) is 0. The first-order valence-electron chi connectivity index (χ1n) is 5.23. The topological polar surface area (TPSA) is 29.9 Å². The average molecular weight is 305 g/mol. The van der Waals surface area contributed by atoms with Gasteiger partial charge in [-0.1, -0.05) is 0 Å². The first-order chi connectivity index (χ1) is 6.84. The smallest absolute Gasteiger partial charge is 0.0623 e. The van der Waals surface area contributed by atoms with Crippen molar-refractivity contribution in [1.82, 2.24) is 15.1 Å². The first kappa shape index (κ1) is 10.4. The fourth-order valence-electron chi connectivity index (χ4n) is 1.95. The van der Waals surface area contributed by atoms with E-state index in [0.29, 0.717) is 0 Å². The zero-order valence-corrected chi connectivity index (χ0v) is 10.4. The quantitative estimate of drug-likeness (QED) is 0.864.